The quantitative estimate of drug-likeness (QED) is 0.284. The van der Waals surface area contributed by atoms with E-state index in [0.29, 0.717) is 0 Å². The van der Waals surface area contributed by atoms with Crippen LogP contribution >= 0.6 is 0 Å². The highest BCUT2D eigenvalue weighted by atomic mass is 32.3. The van der Waals surface area contributed by atoms with Gasteiger partial charge in [0.25, 0.3) is 0 Å². The predicted molar refractivity (Wildman–Crippen MR) is 60.3 cm³/mol. The number of esters is 1. The molecular formula is C8H14O11S. The molecule has 0 bridgehead atoms. The van der Waals surface area contributed by atoms with Crippen molar-refractivity contribution in [3.05, 3.63) is 0 Å². The summed E-state index contributed by atoms with van der Waals surface area (Å²) >= 11 is 0. The van der Waals surface area contributed by atoms with E-state index in [0.717, 1.165) is 0 Å². The van der Waals surface area contributed by atoms with E-state index in [2.05, 4.69) is 4.74 Å². The van der Waals surface area contributed by atoms with Crippen molar-refractivity contribution < 1.29 is 52.0 Å². The lowest BCUT2D eigenvalue weighted by Gasteiger charge is -2.19. The summed E-state index contributed by atoms with van der Waals surface area (Å²) < 4.78 is 36.0. The van der Waals surface area contributed by atoms with Crippen LogP contribution in [0.25, 0.3) is 0 Å². The van der Waals surface area contributed by atoms with E-state index >= 15 is 0 Å². The van der Waals surface area contributed by atoms with Crippen LogP contribution < -0.4 is 0 Å². The van der Waals surface area contributed by atoms with Crippen LogP contribution in [-0.4, -0.2) is 63.0 Å². The summed E-state index contributed by atoms with van der Waals surface area (Å²) in [6.45, 7) is 1.54. The number of carbonyl (C=O) groups is 3. The van der Waals surface area contributed by atoms with Gasteiger partial charge < -0.3 is 20.1 Å². The Hall–Kier alpha value is -1.76. The van der Waals surface area contributed by atoms with Gasteiger partial charge in [0, 0.05) is 0 Å². The summed E-state index contributed by atoms with van der Waals surface area (Å²) in [6.07, 6.45) is -1.94. The third kappa shape index (κ3) is 12.7. The average molecular weight is 318 g/mol. The van der Waals surface area contributed by atoms with Crippen LogP contribution in [0, 0.1) is 0 Å². The van der Waals surface area contributed by atoms with Gasteiger partial charge in [-0.25, -0.2) is 4.79 Å². The van der Waals surface area contributed by atoms with Gasteiger partial charge in [-0.3, -0.25) is 18.7 Å². The molecule has 0 aromatic heterocycles. The molecule has 0 aromatic rings. The fourth-order valence-corrected chi connectivity index (χ4v) is 0.915. The molecule has 0 rings (SSSR count). The van der Waals surface area contributed by atoms with Crippen molar-refractivity contribution in [1.29, 1.82) is 0 Å². The minimum absolute atomic E-state index is 0.0294. The number of carboxylic acid groups (broad SMARTS) is 2. The second-order valence-corrected chi connectivity index (χ2v) is 4.23. The van der Waals surface area contributed by atoms with Crippen LogP contribution in [0.2, 0.25) is 0 Å². The average Bonchev–Trinajstić information content (AvgIpc) is 2.12. The maximum absolute atomic E-state index is 10.9. The number of aliphatic hydroxyl groups is 1. The molecule has 0 spiro atoms. The zero-order valence-electron chi connectivity index (χ0n) is 10.2. The molecule has 5 N–H and O–H groups in total. The Morgan fingerprint density at radius 2 is 1.50 bits per heavy atom. The van der Waals surface area contributed by atoms with Crippen molar-refractivity contribution in [2.75, 3.05) is 6.61 Å². The SMILES string of the molecule is CCOC(=O)CC(O)(CC(=O)O)C(=O)O.O=S(=O)(O)O. The summed E-state index contributed by atoms with van der Waals surface area (Å²) in [5.74, 6) is -4.23. The number of aliphatic carboxylic acids is 2. The van der Waals surface area contributed by atoms with Gasteiger partial charge in [0.15, 0.2) is 5.60 Å². The second-order valence-electron chi connectivity index (χ2n) is 3.34. The zero-order valence-corrected chi connectivity index (χ0v) is 11.0. The zero-order chi connectivity index (χ0) is 16.6. The lowest BCUT2D eigenvalue weighted by atomic mass is 9.96. The van der Waals surface area contributed by atoms with Gasteiger partial charge in [0.05, 0.1) is 19.4 Å². The van der Waals surface area contributed by atoms with Gasteiger partial charge in [-0.2, -0.15) is 8.42 Å². The summed E-state index contributed by atoms with van der Waals surface area (Å²) in [4.78, 5) is 31.8. The molecule has 0 aromatic carbocycles. The first-order valence-corrected chi connectivity index (χ1v) is 6.24. The maximum atomic E-state index is 10.9. The van der Waals surface area contributed by atoms with Crippen LogP contribution in [0.5, 0.6) is 0 Å². The highest BCUT2D eigenvalue weighted by Gasteiger charge is 2.41. The molecule has 11 nitrogen and oxygen atoms in total. The molecule has 1 atom stereocenters. The fourth-order valence-electron chi connectivity index (χ4n) is 0.915. The normalized spacial score (nSPS) is 13.4. The number of rotatable bonds is 6. The third-order valence-corrected chi connectivity index (χ3v) is 1.58. The standard InChI is InChI=1S/C8H12O7.H2O4S/c1-2-15-6(11)4-8(14,7(12)13)3-5(9)10;1-5(2,3)4/h14H,2-4H2,1H3,(H,9,10)(H,12,13);(H2,1,2,3,4). The Morgan fingerprint density at radius 1 is 1.10 bits per heavy atom. The minimum atomic E-state index is -4.67. The number of ether oxygens (including phenoxy) is 1. The first-order chi connectivity index (χ1) is 8.81. The van der Waals surface area contributed by atoms with Crippen LogP contribution in [0.1, 0.15) is 19.8 Å². The first-order valence-electron chi connectivity index (χ1n) is 4.85. The van der Waals surface area contributed by atoms with E-state index in [-0.39, 0.29) is 6.61 Å². The molecule has 0 amide bonds. The summed E-state index contributed by atoms with van der Waals surface area (Å²) in [5.41, 5.74) is -2.61. The fraction of sp³-hybridized carbons (Fsp3) is 0.625. The molecule has 0 aliphatic rings. The first kappa shape index (κ1) is 20.6. The van der Waals surface area contributed by atoms with Crippen molar-refractivity contribution in [2.45, 2.75) is 25.4 Å². The van der Waals surface area contributed by atoms with E-state index in [4.69, 9.17) is 27.7 Å². The molecule has 12 heteroatoms. The molecule has 0 fully saturated rings. The third-order valence-electron chi connectivity index (χ3n) is 1.58. The van der Waals surface area contributed by atoms with Gasteiger partial charge >= 0.3 is 28.3 Å². The Balaban J connectivity index is 0. The van der Waals surface area contributed by atoms with Gasteiger partial charge in [-0.15, -0.1) is 0 Å². The Labute approximate surface area is 113 Å². The van der Waals surface area contributed by atoms with Crippen LogP contribution in [0.3, 0.4) is 0 Å². The van der Waals surface area contributed by atoms with Gasteiger partial charge in [-0.05, 0) is 6.92 Å². The Bertz CT molecular complexity index is 445. The monoisotopic (exact) mass is 318 g/mol. The summed E-state index contributed by atoms with van der Waals surface area (Å²) in [5, 5.41) is 26.3. The van der Waals surface area contributed by atoms with Crippen LogP contribution in [0.15, 0.2) is 0 Å². The maximum Gasteiger partial charge on any atom is 0.394 e. The molecule has 118 valence electrons. The second kappa shape index (κ2) is 8.42. The van der Waals surface area contributed by atoms with Crippen LogP contribution in [0.4, 0.5) is 0 Å². The molecule has 0 saturated heterocycles. The summed E-state index contributed by atoms with van der Waals surface area (Å²) in [7, 11) is -4.67. The van der Waals surface area contributed by atoms with Crippen molar-refractivity contribution in [3.63, 3.8) is 0 Å². The van der Waals surface area contributed by atoms with E-state index in [1.165, 1.54) is 6.92 Å². The van der Waals surface area contributed by atoms with E-state index in [1.54, 1.807) is 0 Å². The lowest BCUT2D eigenvalue weighted by molar-refractivity contribution is -0.171. The number of carboxylic acids is 2. The van der Waals surface area contributed by atoms with Gasteiger partial charge in [-0.1, -0.05) is 0 Å². The number of hydrogen-bond acceptors (Lipinski definition) is 7. The molecular weight excluding hydrogens is 304 g/mol. The van der Waals surface area contributed by atoms with Gasteiger partial charge in [0.1, 0.15) is 0 Å². The van der Waals surface area contributed by atoms with E-state index in [1.807, 2.05) is 0 Å². The minimum Gasteiger partial charge on any atom is -0.481 e. The van der Waals surface area contributed by atoms with Gasteiger partial charge in [0.2, 0.25) is 0 Å². The molecule has 0 aliphatic carbocycles. The highest BCUT2D eigenvalue weighted by molar-refractivity contribution is 7.79. The van der Waals surface area contributed by atoms with Crippen molar-refractivity contribution in [3.8, 4) is 0 Å². The molecule has 0 saturated carbocycles. The number of hydrogen-bond donors (Lipinski definition) is 5. The highest BCUT2D eigenvalue weighted by Crippen LogP contribution is 2.16. The molecule has 0 radical (unpaired) electrons. The number of carbonyl (C=O) groups excluding carboxylic acids is 1. The lowest BCUT2D eigenvalue weighted by Crippen LogP contribution is -2.43. The van der Waals surface area contributed by atoms with E-state index in [9.17, 15) is 19.5 Å². The molecule has 20 heavy (non-hydrogen) atoms. The Kier molecular flexibility index (Phi) is 8.65. The van der Waals surface area contributed by atoms with E-state index < -0.39 is 46.7 Å². The smallest absolute Gasteiger partial charge is 0.394 e. The Morgan fingerprint density at radius 3 is 1.75 bits per heavy atom. The topological polar surface area (TPSA) is 196 Å². The van der Waals surface area contributed by atoms with Crippen molar-refractivity contribution in [1.82, 2.24) is 0 Å². The molecule has 1 unspecified atom stereocenters. The molecule has 0 aliphatic heterocycles. The predicted octanol–water partition coefficient (Wildman–Crippen LogP) is -1.42. The van der Waals surface area contributed by atoms with Crippen molar-refractivity contribution >= 4 is 28.3 Å². The summed E-state index contributed by atoms with van der Waals surface area (Å²) in [6, 6.07) is 0. The van der Waals surface area contributed by atoms with Crippen LogP contribution in [-0.2, 0) is 29.5 Å². The van der Waals surface area contributed by atoms with Crippen molar-refractivity contribution in [2.24, 2.45) is 0 Å². The molecule has 0 heterocycles. The largest absolute Gasteiger partial charge is 0.481 e.